The molecule has 5 rings (SSSR count). The summed E-state index contributed by atoms with van der Waals surface area (Å²) >= 11 is 0. The number of rotatable bonds is 7. The number of amides is 2. The fraction of sp³-hybridized carbons (Fsp3) is 0.367. The van der Waals surface area contributed by atoms with Crippen molar-refractivity contribution in [3.8, 4) is 16.9 Å². The Morgan fingerprint density at radius 1 is 1.05 bits per heavy atom. The molecule has 2 amide bonds. The van der Waals surface area contributed by atoms with Crippen molar-refractivity contribution in [2.45, 2.75) is 70.2 Å². The van der Waals surface area contributed by atoms with Crippen LogP contribution in [0.3, 0.4) is 0 Å². The number of hydrogen-bond donors (Lipinski definition) is 2. The molecule has 2 aliphatic heterocycles. The molecule has 3 N–H and O–H groups in total. The zero-order chi connectivity index (χ0) is 27.0. The number of piperidine rings is 1. The minimum absolute atomic E-state index is 0.0265. The highest BCUT2D eigenvalue weighted by Gasteiger charge is 2.43. The van der Waals surface area contributed by atoms with Gasteiger partial charge < -0.3 is 20.7 Å². The number of anilines is 1. The number of primary amides is 1. The van der Waals surface area contributed by atoms with E-state index in [1.165, 1.54) is 18.3 Å². The van der Waals surface area contributed by atoms with Gasteiger partial charge in [0.15, 0.2) is 5.60 Å². The summed E-state index contributed by atoms with van der Waals surface area (Å²) in [6.07, 6.45) is 5.20. The van der Waals surface area contributed by atoms with E-state index in [0.717, 1.165) is 48.2 Å². The van der Waals surface area contributed by atoms with E-state index >= 15 is 0 Å². The summed E-state index contributed by atoms with van der Waals surface area (Å²) in [5.74, 6) is 0.437. The van der Waals surface area contributed by atoms with Crippen molar-refractivity contribution in [1.82, 2.24) is 10.3 Å². The van der Waals surface area contributed by atoms with E-state index in [0.29, 0.717) is 11.3 Å². The van der Waals surface area contributed by atoms with Gasteiger partial charge in [-0.3, -0.25) is 9.59 Å². The third-order valence-electron chi connectivity index (χ3n) is 7.57. The van der Waals surface area contributed by atoms with Gasteiger partial charge in [-0.25, -0.2) is 9.37 Å². The summed E-state index contributed by atoms with van der Waals surface area (Å²) in [6, 6.07) is 16.1. The first kappa shape index (κ1) is 25.7. The Morgan fingerprint density at radius 2 is 1.74 bits per heavy atom. The quantitative estimate of drug-likeness (QED) is 0.472. The van der Waals surface area contributed by atoms with Gasteiger partial charge in [0.25, 0.3) is 5.91 Å². The molecule has 2 bridgehead atoms. The van der Waals surface area contributed by atoms with Gasteiger partial charge in [0, 0.05) is 29.9 Å². The SMILES string of the molecule is Cc1ccc(OC(C)(C)C(=O)NC2CC3CCC(C2)N3c2ccc(C(N)=O)cn2)c(-c2ccc(F)cc2)c1. The van der Waals surface area contributed by atoms with E-state index in [1.54, 1.807) is 32.0 Å². The first-order valence-corrected chi connectivity index (χ1v) is 13.0. The highest BCUT2D eigenvalue weighted by Crippen LogP contribution is 2.39. The topological polar surface area (TPSA) is 97.5 Å². The average Bonchev–Trinajstić information content (AvgIpc) is 3.15. The molecule has 2 saturated heterocycles. The summed E-state index contributed by atoms with van der Waals surface area (Å²) < 4.78 is 19.8. The van der Waals surface area contributed by atoms with Gasteiger partial charge in [0.2, 0.25) is 5.91 Å². The van der Waals surface area contributed by atoms with Crippen molar-refractivity contribution in [3.05, 3.63) is 77.7 Å². The van der Waals surface area contributed by atoms with E-state index in [2.05, 4.69) is 15.2 Å². The zero-order valence-corrected chi connectivity index (χ0v) is 21.9. The number of aryl methyl sites for hydroxylation is 1. The molecule has 38 heavy (non-hydrogen) atoms. The molecule has 0 radical (unpaired) electrons. The summed E-state index contributed by atoms with van der Waals surface area (Å²) in [6.45, 7) is 5.52. The number of pyridine rings is 1. The molecule has 2 aromatic carbocycles. The second-order valence-electron chi connectivity index (χ2n) is 10.8. The van der Waals surface area contributed by atoms with Crippen molar-refractivity contribution < 1.29 is 18.7 Å². The molecule has 3 aromatic rings. The molecule has 2 unspecified atom stereocenters. The number of carbonyl (C=O) groups is 2. The van der Waals surface area contributed by atoms with Crippen molar-refractivity contribution in [3.63, 3.8) is 0 Å². The lowest BCUT2D eigenvalue weighted by Gasteiger charge is -2.41. The molecule has 7 nitrogen and oxygen atoms in total. The Kier molecular flexibility index (Phi) is 6.82. The molecular weight excluding hydrogens is 483 g/mol. The maximum atomic E-state index is 13.5. The largest absolute Gasteiger partial charge is 0.477 e. The van der Waals surface area contributed by atoms with Crippen molar-refractivity contribution in [2.75, 3.05) is 4.90 Å². The number of benzene rings is 2. The lowest BCUT2D eigenvalue weighted by Crippen LogP contribution is -2.55. The smallest absolute Gasteiger partial charge is 0.263 e. The van der Waals surface area contributed by atoms with Crippen LogP contribution in [0.25, 0.3) is 11.1 Å². The molecule has 3 heterocycles. The van der Waals surface area contributed by atoms with Crippen LogP contribution >= 0.6 is 0 Å². The zero-order valence-electron chi connectivity index (χ0n) is 21.9. The van der Waals surface area contributed by atoms with Crippen molar-refractivity contribution >= 4 is 17.6 Å². The van der Waals surface area contributed by atoms with Crippen LogP contribution in [0, 0.1) is 12.7 Å². The fourth-order valence-corrected chi connectivity index (χ4v) is 5.62. The second-order valence-corrected chi connectivity index (χ2v) is 10.8. The predicted molar refractivity (Wildman–Crippen MR) is 144 cm³/mol. The van der Waals surface area contributed by atoms with Crippen LogP contribution in [-0.4, -0.2) is 40.5 Å². The van der Waals surface area contributed by atoms with Crippen LogP contribution in [0.5, 0.6) is 5.75 Å². The van der Waals surface area contributed by atoms with Crippen LogP contribution in [0.2, 0.25) is 0 Å². The molecular formula is C30H33FN4O3. The standard InChI is InChI=1S/C30H33FN4O3/c1-18-4-12-26(25(14-18)19-5-8-21(31)9-6-19)38-30(2,3)29(37)34-22-15-23-10-11-24(16-22)35(23)27-13-7-20(17-33-27)28(32)36/h4-9,12-14,17,22-24H,10-11,15-16H2,1-3H3,(H2,32,36)(H,34,37). The monoisotopic (exact) mass is 516 g/mol. The average molecular weight is 517 g/mol. The van der Waals surface area contributed by atoms with Crippen LogP contribution in [-0.2, 0) is 4.79 Å². The second kappa shape index (κ2) is 10.1. The number of ether oxygens (including phenoxy) is 1. The Balaban J connectivity index is 1.27. The molecule has 2 aliphatic rings. The summed E-state index contributed by atoms with van der Waals surface area (Å²) in [7, 11) is 0. The Labute approximate surface area is 222 Å². The number of nitrogens with two attached hydrogens (primary N) is 1. The van der Waals surface area contributed by atoms with Gasteiger partial charge in [-0.05, 0) is 88.4 Å². The van der Waals surface area contributed by atoms with Gasteiger partial charge in [0.05, 0.1) is 5.56 Å². The molecule has 8 heteroatoms. The first-order valence-electron chi connectivity index (χ1n) is 13.0. The van der Waals surface area contributed by atoms with Gasteiger partial charge in [-0.2, -0.15) is 0 Å². The maximum Gasteiger partial charge on any atom is 0.263 e. The number of halogens is 1. The van der Waals surface area contributed by atoms with E-state index in [1.807, 2.05) is 31.2 Å². The Bertz CT molecular complexity index is 1330. The number of aromatic nitrogens is 1. The summed E-state index contributed by atoms with van der Waals surface area (Å²) in [4.78, 5) is 31.6. The third-order valence-corrected chi connectivity index (χ3v) is 7.57. The molecule has 0 aliphatic carbocycles. The molecule has 0 saturated carbocycles. The number of nitrogens with zero attached hydrogens (tertiary/aromatic N) is 2. The van der Waals surface area contributed by atoms with Crippen molar-refractivity contribution in [2.24, 2.45) is 5.73 Å². The lowest BCUT2D eigenvalue weighted by molar-refractivity contribution is -0.135. The minimum atomic E-state index is -1.12. The highest BCUT2D eigenvalue weighted by atomic mass is 19.1. The molecule has 1 aromatic heterocycles. The van der Waals surface area contributed by atoms with Crippen LogP contribution in [0.15, 0.2) is 60.8 Å². The van der Waals surface area contributed by atoms with Gasteiger partial charge in [0.1, 0.15) is 17.4 Å². The highest BCUT2D eigenvalue weighted by molar-refractivity contribution is 5.92. The minimum Gasteiger partial charge on any atom is -0.477 e. The summed E-state index contributed by atoms with van der Waals surface area (Å²) in [5, 5.41) is 3.23. The Hall–Kier alpha value is -3.94. The van der Waals surface area contributed by atoms with E-state index in [-0.39, 0.29) is 29.8 Å². The number of nitrogens with one attached hydrogen (secondary N) is 1. The van der Waals surface area contributed by atoms with Crippen LogP contribution in [0.1, 0.15) is 55.5 Å². The van der Waals surface area contributed by atoms with Gasteiger partial charge in [-0.1, -0.05) is 23.8 Å². The number of hydrogen-bond acceptors (Lipinski definition) is 5. The summed E-state index contributed by atoms with van der Waals surface area (Å²) in [5.41, 5.74) is 7.30. The number of fused-ring (bicyclic) bond motifs is 2. The third kappa shape index (κ3) is 5.21. The lowest BCUT2D eigenvalue weighted by atomic mass is 9.96. The first-order chi connectivity index (χ1) is 18.1. The molecule has 0 spiro atoms. The van der Waals surface area contributed by atoms with Gasteiger partial charge >= 0.3 is 0 Å². The molecule has 2 atom stereocenters. The Morgan fingerprint density at radius 3 is 2.34 bits per heavy atom. The fourth-order valence-electron chi connectivity index (χ4n) is 5.62. The predicted octanol–water partition coefficient (Wildman–Crippen LogP) is 4.77. The molecule has 2 fully saturated rings. The normalized spacial score (nSPS) is 20.7. The van der Waals surface area contributed by atoms with Gasteiger partial charge in [-0.15, -0.1) is 0 Å². The van der Waals surface area contributed by atoms with Crippen LogP contribution in [0.4, 0.5) is 10.2 Å². The van der Waals surface area contributed by atoms with E-state index in [9.17, 15) is 14.0 Å². The van der Waals surface area contributed by atoms with Crippen molar-refractivity contribution in [1.29, 1.82) is 0 Å². The van der Waals surface area contributed by atoms with E-state index in [4.69, 9.17) is 10.5 Å². The maximum absolute atomic E-state index is 13.5. The molecule has 198 valence electrons. The van der Waals surface area contributed by atoms with E-state index < -0.39 is 11.5 Å². The van der Waals surface area contributed by atoms with Crippen LogP contribution < -0.4 is 20.7 Å². The number of carbonyl (C=O) groups excluding carboxylic acids is 2.